The molecule has 0 radical (unpaired) electrons. The first-order valence-corrected chi connectivity index (χ1v) is 5.84. The molecule has 0 fully saturated rings. The zero-order valence-electron chi connectivity index (χ0n) is 9.15. The van der Waals surface area contributed by atoms with Gasteiger partial charge in [-0.1, -0.05) is 20.8 Å². The fraction of sp³-hybridized carbons (Fsp3) is 0.500. The Hall–Kier alpha value is -1.10. The minimum Gasteiger partial charge on any atom is -0.364 e. The van der Waals surface area contributed by atoms with E-state index in [1.54, 1.807) is 11.8 Å². The number of nitrogens with zero attached hydrogens (tertiary/aromatic N) is 2. The average Bonchev–Trinajstić information content (AvgIpc) is 2.17. The molecular formula is C10H15N3OS. The second kappa shape index (κ2) is 5.11. The number of thioether (sulfide) groups is 1. The Morgan fingerprint density at radius 1 is 1.60 bits per heavy atom. The van der Waals surface area contributed by atoms with E-state index in [1.165, 1.54) is 6.20 Å². The van der Waals surface area contributed by atoms with Crippen molar-refractivity contribution < 1.29 is 4.79 Å². The molecule has 0 saturated carbocycles. The Morgan fingerprint density at radius 3 is 2.73 bits per heavy atom. The lowest BCUT2D eigenvalue weighted by Crippen LogP contribution is -2.15. The number of carbonyl (C=O) groups is 1. The molecule has 82 valence electrons. The predicted octanol–water partition coefficient (Wildman–Crippen LogP) is 1.81. The third-order valence-electron chi connectivity index (χ3n) is 1.85. The number of hydrogen-bond donors (Lipinski definition) is 1. The van der Waals surface area contributed by atoms with Gasteiger partial charge in [-0.15, -0.1) is 11.8 Å². The van der Waals surface area contributed by atoms with Crippen LogP contribution in [0.3, 0.4) is 0 Å². The maximum Gasteiger partial charge on any atom is 0.268 e. The molecule has 4 nitrogen and oxygen atoms in total. The molecule has 0 unspecified atom stereocenters. The Labute approximate surface area is 93.7 Å². The second-order valence-corrected chi connectivity index (χ2v) is 4.65. The molecule has 0 aromatic carbocycles. The van der Waals surface area contributed by atoms with Crippen LogP contribution in [-0.2, 0) is 0 Å². The van der Waals surface area contributed by atoms with Gasteiger partial charge in [0, 0.05) is 0 Å². The van der Waals surface area contributed by atoms with Gasteiger partial charge in [0.2, 0.25) is 0 Å². The van der Waals surface area contributed by atoms with E-state index in [4.69, 9.17) is 5.73 Å². The van der Waals surface area contributed by atoms with Crippen LogP contribution in [0.2, 0.25) is 0 Å². The van der Waals surface area contributed by atoms with Gasteiger partial charge in [-0.2, -0.15) is 0 Å². The van der Waals surface area contributed by atoms with Gasteiger partial charge in [-0.3, -0.25) is 9.78 Å². The summed E-state index contributed by atoms with van der Waals surface area (Å²) in [7, 11) is 0. The zero-order chi connectivity index (χ0) is 11.4. The van der Waals surface area contributed by atoms with Gasteiger partial charge in [-0.05, 0) is 11.7 Å². The average molecular weight is 225 g/mol. The standard InChI is InChI=1S/C10H15N3OS/c1-4-15-10-8(6(2)3)12-5-7(13-10)9(11)14/h5-6H,4H2,1-3H3,(H2,11,14). The van der Waals surface area contributed by atoms with Crippen LogP contribution in [0.5, 0.6) is 0 Å². The fourth-order valence-electron chi connectivity index (χ4n) is 1.14. The highest BCUT2D eigenvalue weighted by Gasteiger charge is 2.13. The van der Waals surface area contributed by atoms with Gasteiger partial charge in [-0.25, -0.2) is 4.98 Å². The van der Waals surface area contributed by atoms with Gasteiger partial charge >= 0.3 is 0 Å². The van der Waals surface area contributed by atoms with Crippen LogP contribution in [0, 0.1) is 0 Å². The maximum atomic E-state index is 10.9. The van der Waals surface area contributed by atoms with E-state index in [1.807, 2.05) is 20.8 Å². The molecule has 0 aliphatic carbocycles. The number of primary amides is 1. The molecular weight excluding hydrogens is 210 g/mol. The summed E-state index contributed by atoms with van der Waals surface area (Å²) < 4.78 is 0. The van der Waals surface area contributed by atoms with Crippen LogP contribution in [0.4, 0.5) is 0 Å². The van der Waals surface area contributed by atoms with Gasteiger partial charge in [0.15, 0.2) is 0 Å². The molecule has 2 N–H and O–H groups in total. The summed E-state index contributed by atoms with van der Waals surface area (Å²) in [6, 6.07) is 0. The van der Waals surface area contributed by atoms with E-state index in [0.29, 0.717) is 5.92 Å². The van der Waals surface area contributed by atoms with Crippen molar-refractivity contribution in [3.05, 3.63) is 17.6 Å². The minimum absolute atomic E-state index is 0.232. The predicted molar refractivity (Wildman–Crippen MR) is 61.0 cm³/mol. The highest BCUT2D eigenvalue weighted by Crippen LogP contribution is 2.24. The molecule has 0 aliphatic heterocycles. The Morgan fingerprint density at radius 2 is 2.27 bits per heavy atom. The van der Waals surface area contributed by atoms with Crippen LogP contribution in [0.1, 0.15) is 42.9 Å². The summed E-state index contributed by atoms with van der Waals surface area (Å²) in [5.74, 6) is 0.667. The molecule has 5 heteroatoms. The molecule has 1 aromatic rings. The van der Waals surface area contributed by atoms with E-state index >= 15 is 0 Å². The molecule has 0 saturated heterocycles. The third kappa shape index (κ3) is 2.92. The SMILES string of the molecule is CCSc1nc(C(N)=O)cnc1C(C)C. The normalized spacial score (nSPS) is 10.7. The molecule has 1 amide bonds. The van der Waals surface area contributed by atoms with Gasteiger partial charge in [0.05, 0.1) is 11.9 Å². The summed E-state index contributed by atoms with van der Waals surface area (Å²) in [5.41, 5.74) is 6.31. The van der Waals surface area contributed by atoms with Crippen LogP contribution in [-0.4, -0.2) is 21.6 Å². The van der Waals surface area contributed by atoms with E-state index in [0.717, 1.165) is 16.5 Å². The largest absolute Gasteiger partial charge is 0.364 e. The maximum absolute atomic E-state index is 10.9. The van der Waals surface area contributed by atoms with Crippen molar-refractivity contribution in [1.82, 2.24) is 9.97 Å². The van der Waals surface area contributed by atoms with Crippen molar-refractivity contribution in [3.8, 4) is 0 Å². The number of carbonyl (C=O) groups excluding carboxylic acids is 1. The summed E-state index contributed by atoms with van der Waals surface area (Å²) in [5, 5.41) is 0.809. The van der Waals surface area contributed by atoms with Crippen LogP contribution in [0.25, 0.3) is 0 Å². The topological polar surface area (TPSA) is 68.9 Å². The third-order valence-corrected chi connectivity index (χ3v) is 2.71. The van der Waals surface area contributed by atoms with E-state index in [9.17, 15) is 4.79 Å². The zero-order valence-corrected chi connectivity index (χ0v) is 9.97. The first-order valence-electron chi connectivity index (χ1n) is 4.85. The van der Waals surface area contributed by atoms with Crippen molar-refractivity contribution in [3.63, 3.8) is 0 Å². The first kappa shape index (κ1) is 12.0. The summed E-state index contributed by atoms with van der Waals surface area (Å²) >= 11 is 1.58. The number of amides is 1. The molecule has 1 rings (SSSR count). The van der Waals surface area contributed by atoms with Crippen molar-refractivity contribution in [2.75, 3.05) is 5.75 Å². The minimum atomic E-state index is -0.532. The van der Waals surface area contributed by atoms with Crippen LogP contribution in [0.15, 0.2) is 11.2 Å². The summed E-state index contributed by atoms with van der Waals surface area (Å²) in [4.78, 5) is 19.4. The van der Waals surface area contributed by atoms with Crippen molar-refractivity contribution in [2.24, 2.45) is 5.73 Å². The summed E-state index contributed by atoms with van der Waals surface area (Å²) in [6.45, 7) is 6.13. The molecule has 15 heavy (non-hydrogen) atoms. The molecule has 1 aromatic heterocycles. The molecule has 0 spiro atoms. The Balaban J connectivity index is 3.14. The number of rotatable bonds is 4. The lowest BCUT2D eigenvalue weighted by molar-refractivity contribution is 0.0994. The molecule has 0 bridgehead atoms. The van der Waals surface area contributed by atoms with Crippen LogP contribution >= 0.6 is 11.8 Å². The Kier molecular flexibility index (Phi) is 4.08. The lowest BCUT2D eigenvalue weighted by Gasteiger charge is -2.09. The first-order chi connectivity index (χ1) is 7.06. The molecule has 0 atom stereocenters. The highest BCUT2D eigenvalue weighted by molar-refractivity contribution is 7.99. The molecule has 0 aliphatic rings. The number of hydrogen-bond acceptors (Lipinski definition) is 4. The quantitative estimate of drug-likeness (QED) is 0.793. The van der Waals surface area contributed by atoms with Gasteiger partial charge < -0.3 is 5.73 Å². The van der Waals surface area contributed by atoms with Gasteiger partial charge in [0.1, 0.15) is 10.7 Å². The summed E-state index contributed by atoms with van der Waals surface area (Å²) in [6.07, 6.45) is 1.44. The van der Waals surface area contributed by atoms with Crippen LogP contribution < -0.4 is 5.73 Å². The van der Waals surface area contributed by atoms with Crippen molar-refractivity contribution in [1.29, 1.82) is 0 Å². The number of aromatic nitrogens is 2. The van der Waals surface area contributed by atoms with Gasteiger partial charge in [0.25, 0.3) is 5.91 Å². The van der Waals surface area contributed by atoms with Crippen molar-refractivity contribution >= 4 is 17.7 Å². The fourth-order valence-corrected chi connectivity index (χ4v) is 2.01. The monoisotopic (exact) mass is 225 g/mol. The smallest absolute Gasteiger partial charge is 0.268 e. The van der Waals surface area contributed by atoms with Crippen molar-refractivity contribution in [2.45, 2.75) is 31.7 Å². The van der Waals surface area contributed by atoms with E-state index < -0.39 is 5.91 Å². The Bertz CT molecular complexity index is 366. The second-order valence-electron chi connectivity index (χ2n) is 3.40. The van der Waals surface area contributed by atoms with E-state index in [-0.39, 0.29) is 5.69 Å². The van der Waals surface area contributed by atoms with E-state index in [2.05, 4.69) is 9.97 Å². The molecule has 1 heterocycles. The number of nitrogens with two attached hydrogens (primary N) is 1. The lowest BCUT2D eigenvalue weighted by atomic mass is 10.1. The highest BCUT2D eigenvalue weighted by atomic mass is 32.2.